The third kappa shape index (κ3) is 5.19. The van der Waals surface area contributed by atoms with Crippen molar-refractivity contribution >= 4 is 5.78 Å². The molecule has 0 spiro atoms. The van der Waals surface area contributed by atoms with Gasteiger partial charge in [0.25, 0.3) is 0 Å². The molecule has 0 aliphatic carbocycles. The fourth-order valence-corrected chi connectivity index (χ4v) is 3.13. The Labute approximate surface area is 163 Å². The summed E-state index contributed by atoms with van der Waals surface area (Å²) >= 11 is 0. The van der Waals surface area contributed by atoms with Crippen LogP contribution < -0.4 is 0 Å². The van der Waals surface area contributed by atoms with Gasteiger partial charge in [-0.1, -0.05) is 43.0 Å². The van der Waals surface area contributed by atoms with Crippen LogP contribution in [-0.4, -0.2) is 10.9 Å². The van der Waals surface area contributed by atoms with Crippen molar-refractivity contribution < 1.29 is 36.2 Å². The highest BCUT2D eigenvalue weighted by Gasteiger charge is 2.40. The Hall–Kier alpha value is -2.77. The number of benzene rings is 2. The second kappa shape index (κ2) is 7.93. The maximum atomic E-state index is 13.0. The molecule has 0 aliphatic heterocycles. The summed E-state index contributed by atoms with van der Waals surface area (Å²) in [5, 5.41) is 10.2. The summed E-state index contributed by atoms with van der Waals surface area (Å²) in [4.78, 5) is 12.4. The smallest absolute Gasteiger partial charge is 0.416 e. The Balaban J connectivity index is 2.48. The number of carbonyl (C=O) groups excluding carboxylic acids is 1. The molecular weight excluding hydrogens is 398 g/mol. The highest BCUT2D eigenvalue weighted by Crippen LogP contribution is 2.38. The lowest BCUT2D eigenvalue weighted by atomic mass is 9.72. The molecule has 2 aromatic rings. The van der Waals surface area contributed by atoms with Crippen LogP contribution in [-0.2, 0) is 30.0 Å². The number of rotatable bonds is 6. The van der Waals surface area contributed by atoms with E-state index < -0.39 is 40.4 Å². The minimum absolute atomic E-state index is 0.0946. The molecule has 2 nitrogen and oxygen atoms in total. The van der Waals surface area contributed by atoms with Crippen LogP contribution in [0.1, 0.15) is 29.2 Å². The summed E-state index contributed by atoms with van der Waals surface area (Å²) < 4.78 is 77.9. The number of hydrogen-bond acceptors (Lipinski definition) is 2. The maximum Gasteiger partial charge on any atom is 0.416 e. The number of halogens is 6. The fourth-order valence-electron chi connectivity index (χ4n) is 3.13. The van der Waals surface area contributed by atoms with Crippen molar-refractivity contribution in [3.05, 3.63) is 83.1 Å². The largest absolute Gasteiger partial charge is 0.512 e. The van der Waals surface area contributed by atoms with Gasteiger partial charge in [-0.15, -0.1) is 0 Å². The normalized spacial score (nSPS) is 12.7. The molecule has 0 atom stereocenters. The van der Waals surface area contributed by atoms with Crippen molar-refractivity contribution in [1.29, 1.82) is 0 Å². The van der Waals surface area contributed by atoms with Gasteiger partial charge in [0.05, 0.1) is 22.3 Å². The summed E-state index contributed by atoms with van der Waals surface area (Å²) in [5.41, 5.74) is -3.45. The predicted octanol–water partition coefficient (Wildman–Crippen LogP) is 6.16. The lowest BCUT2D eigenvalue weighted by Crippen LogP contribution is -2.36. The van der Waals surface area contributed by atoms with Crippen LogP contribution in [0.15, 0.2) is 60.9 Å². The number of ketones is 1. The predicted molar refractivity (Wildman–Crippen MR) is 95.2 cm³/mol. The first-order valence-electron chi connectivity index (χ1n) is 8.47. The molecular formula is C21H18F6O2. The van der Waals surface area contributed by atoms with Gasteiger partial charge in [-0.05, 0) is 43.0 Å². The lowest BCUT2D eigenvalue weighted by molar-refractivity contribution is -0.138. The minimum Gasteiger partial charge on any atom is -0.512 e. The number of carbonyl (C=O) groups is 1. The molecule has 0 aromatic heterocycles. The van der Waals surface area contributed by atoms with Crippen molar-refractivity contribution in [2.75, 3.05) is 0 Å². The van der Waals surface area contributed by atoms with E-state index in [1.165, 1.54) is 12.1 Å². The zero-order chi connectivity index (χ0) is 22.0. The van der Waals surface area contributed by atoms with Crippen LogP contribution in [0.4, 0.5) is 26.3 Å². The van der Waals surface area contributed by atoms with E-state index in [2.05, 4.69) is 6.58 Å². The van der Waals surface area contributed by atoms with E-state index in [0.717, 1.165) is 43.3 Å². The molecule has 0 heterocycles. The summed E-state index contributed by atoms with van der Waals surface area (Å²) in [6.07, 6.45) is -9.91. The molecule has 29 heavy (non-hydrogen) atoms. The summed E-state index contributed by atoms with van der Waals surface area (Å²) in [6, 6.07) is 8.42. The van der Waals surface area contributed by atoms with E-state index in [-0.39, 0.29) is 24.0 Å². The van der Waals surface area contributed by atoms with Crippen molar-refractivity contribution in [1.82, 2.24) is 0 Å². The van der Waals surface area contributed by atoms with E-state index in [1.54, 1.807) is 0 Å². The first-order chi connectivity index (χ1) is 13.3. The first-order valence-corrected chi connectivity index (χ1v) is 8.47. The maximum absolute atomic E-state index is 13.0. The van der Waals surface area contributed by atoms with Crippen LogP contribution in [0, 0.1) is 5.41 Å². The zero-order valence-electron chi connectivity index (χ0n) is 15.4. The Kier molecular flexibility index (Phi) is 6.15. The number of aliphatic hydroxyl groups excluding tert-OH is 1. The number of alkyl halides is 6. The second-order valence-corrected chi connectivity index (χ2v) is 6.83. The van der Waals surface area contributed by atoms with Gasteiger partial charge in [0, 0.05) is 0 Å². The topological polar surface area (TPSA) is 37.3 Å². The number of aliphatic hydroxyl groups is 1. The van der Waals surface area contributed by atoms with Crippen LogP contribution in [0.2, 0.25) is 0 Å². The highest BCUT2D eigenvalue weighted by atomic mass is 19.4. The van der Waals surface area contributed by atoms with E-state index in [9.17, 15) is 36.2 Å². The van der Waals surface area contributed by atoms with Crippen molar-refractivity contribution in [2.24, 2.45) is 5.41 Å². The summed E-state index contributed by atoms with van der Waals surface area (Å²) in [6.45, 7) is 4.49. The minimum atomic E-state index is -4.61. The molecule has 0 radical (unpaired) electrons. The highest BCUT2D eigenvalue weighted by molar-refractivity contribution is 5.85. The monoisotopic (exact) mass is 416 g/mol. The quantitative estimate of drug-likeness (QED) is 0.453. The van der Waals surface area contributed by atoms with Crippen molar-refractivity contribution in [2.45, 2.75) is 32.1 Å². The van der Waals surface area contributed by atoms with Gasteiger partial charge in [-0.3, -0.25) is 4.79 Å². The Morgan fingerprint density at radius 1 is 0.862 bits per heavy atom. The average molecular weight is 416 g/mol. The van der Waals surface area contributed by atoms with Gasteiger partial charge in [0.15, 0.2) is 0 Å². The van der Waals surface area contributed by atoms with Gasteiger partial charge < -0.3 is 5.11 Å². The Morgan fingerprint density at radius 3 is 1.52 bits per heavy atom. The molecule has 0 aliphatic rings. The zero-order valence-corrected chi connectivity index (χ0v) is 15.4. The fraction of sp³-hybridized carbons (Fsp3) is 0.286. The molecule has 2 aromatic carbocycles. The Bertz CT molecular complexity index is 836. The molecule has 8 heteroatoms. The van der Waals surface area contributed by atoms with Crippen LogP contribution in [0.25, 0.3) is 0 Å². The van der Waals surface area contributed by atoms with Gasteiger partial charge >= 0.3 is 12.4 Å². The lowest BCUT2D eigenvalue weighted by Gasteiger charge is -2.31. The summed E-state index contributed by atoms with van der Waals surface area (Å²) in [5.74, 6) is -1.25. The van der Waals surface area contributed by atoms with Crippen LogP contribution in [0.5, 0.6) is 0 Å². The standard InChI is InChI=1S/C21H18F6O2/c1-13(28)19(14(2)29,11-15-5-3-7-17(9-15)20(22,23)24)12-16-6-4-8-18(10-16)21(25,26)27/h3-10,28H,1,11-12H2,2H3. The number of Topliss-reactive ketones (excluding diaryl/α,β-unsaturated/α-hetero) is 1. The van der Waals surface area contributed by atoms with E-state index in [0.29, 0.717) is 0 Å². The average Bonchev–Trinajstić information content (AvgIpc) is 2.59. The molecule has 156 valence electrons. The molecule has 0 unspecified atom stereocenters. The van der Waals surface area contributed by atoms with Gasteiger partial charge in [-0.25, -0.2) is 0 Å². The molecule has 0 fully saturated rings. The molecule has 0 saturated heterocycles. The molecule has 0 saturated carbocycles. The number of hydrogen-bond donors (Lipinski definition) is 1. The van der Waals surface area contributed by atoms with Gasteiger partial charge in [0.1, 0.15) is 5.78 Å². The van der Waals surface area contributed by atoms with Crippen LogP contribution in [0.3, 0.4) is 0 Å². The third-order valence-electron chi connectivity index (χ3n) is 4.75. The van der Waals surface area contributed by atoms with Crippen LogP contribution >= 0.6 is 0 Å². The molecule has 1 N–H and O–H groups in total. The molecule has 0 bridgehead atoms. The van der Waals surface area contributed by atoms with E-state index >= 15 is 0 Å². The number of allylic oxidation sites excluding steroid dienone is 1. The SMILES string of the molecule is C=C(O)C(Cc1cccc(C(F)(F)F)c1)(Cc1cccc(C(F)(F)F)c1)C(C)=O. The van der Waals surface area contributed by atoms with E-state index in [1.807, 2.05) is 0 Å². The van der Waals surface area contributed by atoms with Crippen molar-refractivity contribution in [3.63, 3.8) is 0 Å². The third-order valence-corrected chi connectivity index (χ3v) is 4.75. The van der Waals surface area contributed by atoms with Crippen molar-refractivity contribution in [3.8, 4) is 0 Å². The van der Waals surface area contributed by atoms with E-state index in [4.69, 9.17) is 0 Å². The Morgan fingerprint density at radius 2 is 1.24 bits per heavy atom. The van der Waals surface area contributed by atoms with Gasteiger partial charge in [-0.2, -0.15) is 26.3 Å². The first kappa shape index (κ1) is 22.5. The van der Waals surface area contributed by atoms with Gasteiger partial charge in [0.2, 0.25) is 0 Å². The molecule has 2 rings (SSSR count). The molecule has 0 amide bonds. The second-order valence-electron chi connectivity index (χ2n) is 6.83. The summed E-state index contributed by atoms with van der Waals surface area (Å²) in [7, 11) is 0.